The molecule has 0 radical (unpaired) electrons. The first kappa shape index (κ1) is 8.71. The van der Waals surface area contributed by atoms with Gasteiger partial charge in [-0.25, -0.2) is 9.18 Å². The van der Waals surface area contributed by atoms with E-state index in [2.05, 4.69) is 4.98 Å². The summed E-state index contributed by atoms with van der Waals surface area (Å²) in [5, 5.41) is 0. The van der Waals surface area contributed by atoms with Crippen LogP contribution in [-0.4, -0.2) is 9.55 Å². The Hall–Kier alpha value is -1.58. The summed E-state index contributed by atoms with van der Waals surface area (Å²) in [5.41, 5.74) is 1.25. The second-order valence-corrected chi connectivity index (χ2v) is 4.15. The number of imidazole rings is 1. The highest BCUT2D eigenvalue weighted by Crippen LogP contribution is 2.31. The summed E-state index contributed by atoms with van der Waals surface area (Å²) >= 11 is 0. The molecule has 15 heavy (non-hydrogen) atoms. The average Bonchev–Trinajstić information content (AvgIpc) is 2.96. The average molecular weight is 206 g/mol. The van der Waals surface area contributed by atoms with Gasteiger partial charge in [0.05, 0.1) is 11.0 Å². The van der Waals surface area contributed by atoms with E-state index in [4.69, 9.17) is 0 Å². The highest BCUT2D eigenvalue weighted by atomic mass is 19.1. The molecule has 0 spiro atoms. The van der Waals surface area contributed by atoms with Crippen molar-refractivity contribution in [3.05, 3.63) is 34.5 Å². The molecule has 78 valence electrons. The number of hydrogen-bond acceptors (Lipinski definition) is 1. The summed E-state index contributed by atoms with van der Waals surface area (Å²) in [6, 6.07) is 4.38. The van der Waals surface area contributed by atoms with Crippen molar-refractivity contribution in [1.29, 1.82) is 0 Å². The molecule has 0 atom stereocenters. The van der Waals surface area contributed by atoms with Crippen LogP contribution in [0.1, 0.15) is 12.8 Å². The molecular weight excluding hydrogens is 195 g/mol. The van der Waals surface area contributed by atoms with E-state index < -0.39 is 0 Å². The molecule has 0 bridgehead atoms. The highest BCUT2D eigenvalue weighted by Gasteiger charge is 2.23. The molecular formula is C11H11FN2O. The van der Waals surface area contributed by atoms with Gasteiger partial charge in [-0.3, -0.25) is 4.57 Å². The largest absolute Gasteiger partial charge is 0.326 e. The van der Waals surface area contributed by atoms with E-state index in [0.717, 1.165) is 0 Å². The van der Waals surface area contributed by atoms with Gasteiger partial charge in [0.2, 0.25) is 0 Å². The van der Waals surface area contributed by atoms with Crippen molar-refractivity contribution in [1.82, 2.24) is 9.55 Å². The molecule has 4 heteroatoms. The number of halogens is 1. The SMILES string of the molecule is O=c1[nH]c2ccc(F)cc2n1CC1CC1. The fraction of sp³-hybridized carbons (Fsp3) is 0.364. The van der Waals surface area contributed by atoms with Gasteiger partial charge in [0.1, 0.15) is 5.82 Å². The topological polar surface area (TPSA) is 37.8 Å². The summed E-state index contributed by atoms with van der Waals surface area (Å²) in [4.78, 5) is 14.3. The summed E-state index contributed by atoms with van der Waals surface area (Å²) in [6.45, 7) is 0.711. The zero-order valence-electron chi connectivity index (χ0n) is 8.16. The number of aromatic amines is 1. The van der Waals surface area contributed by atoms with Crippen LogP contribution < -0.4 is 5.69 Å². The molecule has 2 aromatic rings. The third-order valence-corrected chi connectivity index (χ3v) is 2.88. The van der Waals surface area contributed by atoms with E-state index in [1.165, 1.54) is 25.0 Å². The molecule has 1 saturated carbocycles. The molecule has 1 aromatic heterocycles. The van der Waals surface area contributed by atoms with Gasteiger partial charge in [-0.05, 0) is 37.0 Å². The van der Waals surface area contributed by atoms with E-state index >= 15 is 0 Å². The predicted molar refractivity (Wildman–Crippen MR) is 55.2 cm³/mol. The molecule has 3 nitrogen and oxygen atoms in total. The molecule has 0 aliphatic heterocycles. The van der Waals surface area contributed by atoms with Gasteiger partial charge in [0.25, 0.3) is 0 Å². The number of rotatable bonds is 2. The Morgan fingerprint density at radius 3 is 3.00 bits per heavy atom. The van der Waals surface area contributed by atoms with Crippen LogP contribution in [-0.2, 0) is 6.54 Å². The summed E-state index contributed by atoms with van der Waals surface area (Å²) < 4.78 is 14.7. The van der Waals surface area contributed by atoms with Gasteiger partial charge >= 0.3 is 5.69 Å². The number of hydrogen-bond donors (Lipinski definition) is 1. The van der Waals surface area contributed by atoms with E-state index in [1.807, 2.05) is 0 Å². The summed E-state index contributed by atoms with van der Waals surface area (Å²) in [5.74, 6) is 0.302. The van der Waals surface area contributed by atoms with E-state index in [1.54, 1.807) is 10.6 Å². The maximum Gasteiger partial charge on any atom is 0.326 e. The first-order valence-corrected chi connectivity index (χ1v) is 5.12. The summed E-state index contributed by atoms with van der Waals surface area (Å²) in [7, 11) is 0. The number of benzene rings is 1. The fourth-order valence-electron chi connectivity index (χ4n) is 1.87. The van der Waals surface area contributed by atoms with Crippen molar-refractivity contribution >= 4 is 11.0 Å². The lowest BCUT2D eigenvalue weighted by Gasteiger charge is -2.00. The third-order valence-electron chi connectivity index (χ3n) is 2.88. The first-order valence-electron chi connectivity index (χ1n) is 5.12. The van der Waals surface area contributed by atoms with Crippen LogP contribution in [0.4, 0.5) is 4.39 Å². The Bertz CT molecular complexity index is 565. The van der Waals surface area contributed by atoms with Gasteiger partial charge in [0.15, 0.2) is 0 Å². The maximum atomic E-state index is 13.0. The zero-order chi connectivity index (χ0) is 10.4. The first-order chi connectivity index (χ1) is 7.24. The van der Waals surface area contributed by atoms with Crippen molar-refractivity contribution in [2.45, 2.75) is 19.4 Å². The molecule has 0 amide bonds. The van der Waals surface area contributed by atoms with Crippen molar-refractivity contribution in [3.63, 3.8) is 0 Å². The Kier molecular flexibility index (Phi) is 1.71. The standard InChI is InChI=1S/C11H11FN2O/c12-8-3-4-9-10(5-8)14(11(15)13-9)6-7-1-2-7/h3-5,7H,1-2,6H2,(H,13,15). The number of nitrogens with zero attached hydrogens (tertiary/aromatic N) is 1. The van der Waals surface area contributed by atoms with Crippen LogP contribution in [0.2, 0.25) is 0 Å². The molecule has 1 aromatic carbocycles. The smallest absolute Gasteiger partial charge is 0.306 e. The molecule has 1 aliphatic carbocycles. The number of fused-ring (bicyclic) bond motifs is 1. The van der Waals surface area contributed by atoms with Crippen LogP contribution in [0.25, 0.3) is 11.0 Å². The maximum absolute atomic E-state index is 13.0. The quantitative estimate of drug-likeness (QED) is 0.800. The van der Waals surface area contributed by atoms with E-state index in [9.17, 15) is 9.18 Å². The molecule has 1 N–H and O–H groups in total. The summed E-state index contributed by atoms with van der Waals surface area (Å²) in [6.07, 6.45) is 2.35. The monoisotopic (exact) mass is 206 g/mol. The lowest BCUT2D eigenvalue weighted by Crippen LogP contribution is -2.17. The van der Waals surface area contributed by atoms with Crippen LogP contribution in [0.15, 0.2) is 23.0 Å². The van der Waals surface area contributed by atoms with Crippen LogP contribution in [0, 0.1) is 11.7 Å². The van der Waals surface area contributed by atoms with Gasteiger partial charge in [-0.2, -0.15) is 0 Å². The molecule has 0 saturated heterocycles. The highest BCUT2D eigenvalue weighted by molar-refractivity contribution is 5.75. The third kappa shape index (κ3) is 1.46. The van der Waals surface area contributed by atoms with Crippen molar-refractivity contribution in [2.75, 3.05) is 0 Å². The lowest BCUT2D eigenvalue weighted by atomic mass is 10.3. The Labute approximate surface area is 85.5 Å². The van der Waals surface area contributed by atoms with Crippen molar-refractivity contribution < 1.29 is 4.39 Å². The fourth-order valence-corrected chi connectivity index (χ4v) is 1.87. The minimum Gasteiger partial charge on any atom is -0.306 e. The Morgan fingerprint density at radius 1 is 1.47 bits per heavy atom. The predicted octanol–water partition coefficient (Wildman–Crippen LogP) is 1.88. The van der Waals surface area contributed by atoms with Crippen LogP contribution >= 0.6 is 0 Å². The van der Waals surface area contributed by atoms with Gasteiger partial charge in [-0.15, -0.1) is 0 Å². The number of nitrogens with one attached hydrogen (secondary N) is 1. The minimum atomic E-state index is -0.300. The van der Waals surface area contributed by atoms with Crippen LogP contribution in [0.5, 0.6) is 0 Å². The molecule has 1 heterocycles. The van der Waals surface area contributed by atoms with Crippen molar-refractivity contribution in [2.24, 2.45) is 5.92 Å². The number of H-pyrrole nitrogens is 1. The van der Waals surface area contributed by atoms with Crippen LogP contribution in [0.3, 0.4) is 0 Å². The second-order valence-electron chi connectivity index (χ2n) is 4.15. The van der Waals surface area contributed by atoms with E-state index in [0.29, 0.717) is 23.5 Å². The minimum absolute atomic E-state index is 0.137. The normalized spacial score (nSPS) is 16.1. The lowest BCUT2D eigenvalue weighted by molar-refractivity contribution is 0.614. The zero-order valence-corrected chi connectivity index (χ0v) is 8.16. The van der Waals surface area contributed by atoms with Gasteiger partial charge < -0.3 is 4.98 Å². The molecule has 1 fully saturated rings. The molecule has 1 aliphatic rings. The molecule has 0 unspecified atom stereocenters. The van der Waals surface area contributed by atoms with E-state index in [-0.39, 0.29) is 11.5 Å². The Morgan fingerprint density at radius 2 is 2.27 bits per heavy atom. The second kappa shape index (κ2) is 2.95. The van der Waals surface area contributed by atoms with Gasteiger partial charge in [-0.1, -0.05) is 0 Å². The number of aromatic nitrogens is 2. The Balaban J connectivity index is 2.20. The van der Waals surface area contributed by atoms with Crippen molar-refractivity contribution in [3.8, 4) is 0 Å². The van der Waals surface area contributed by atoms with Gasteiger partial charge in [0, 0.05) is 6.54 Å². The molecule has 3 rings (SSSR count).